The highest BCUT2D eigenvalue weighted by Crippen LogP contribution is 2.27. The van der Waals surface area contributed by atoms with Gasteiger partial charge in [0.25, 0.3) is 5.91 Å². The summed E-state index contributed by atoms with van der Waals surface area (Å²) in [5.74, 6) is 1.57. The number of thioether (sulfide) groups is 1. The summed E-state index contributed by atoms with van der Waals surface area (Å²) in [5.41, 5.74) is 3.09. The minimum Gasteiger partial charge on any atom is -0.441 e. The molecule has 0 atom stereocenters. The number of nitrogens with one attached hydrogen (secondary N) is 1. The highest BCUT2D eigenvalue weighted by Gasteiger charge is 2.13. The third kappa shape index (κ3) is 5.41. The quantitative estimate of drug-likeness (QED) is 0.363. The van der Waals surface area contributed by atoms with Crippen LogP contribution in [0.15, 0.2) is 88.2 Å². The SMILES string of the molecule is Cc1oc(-c2ccc(C(=O)NCc3ccc(F)cc3)cc2)nc1CSc1ccccc1. The Morgan fingerprint density at radius 2 is 1.71 bits per heavy atom. The molecule has 0 spiro atoms. The van der Waals surface area contributed by atoms with Crippen LogP contribution in [0.4, 0.5) is 4.39 Å². The van der Waals surface area contributed by atoms with Gasteiger partial charge >= 0.3 is 0 Å². The Kier molecular flexibility index (Phi) is 6.48. The number of hydrogen-bond donors (Lipinski definition) is 1. The van der Waals surface area contributed by atoms with Crippen LogP contribution in [-0.2, 0) is 12.3 Å². The Morgan fingerprint density at radius 3 is 2.42 bits per heavy atom. The molecule has 0 aliphatic rings. The van der Waals surface area contributed by atoms with Gasteiger partial charge in [-0.25, -0.2) is 9.37 Å². The van der Waals surface area contributed by atoms with Gasteiger partial charge in [-0.05, 0) is 61.0 Å². The maximum absolute atomic E-state index is 13.0. The minimum absolute atomic E-state index is 0.195. The fourth-order valence-electron chi connectivity index (χ4n) is 3.00. The van der Waals surface area contributed by atoms with Crippen LogP contribution < -0.4 is 5.32 Å². The molecule has 0 radical (unpaired) electrons. The predicted octanol–water partition coefficient (Wildman–Crippen LogP) is 6.01. The fraction of sp³-hybridized carbons (Fsp3) is 0.120. The molecule has 0 fully saturated rings. The van der Waals surface area contributed by atoms with Crippen LogP contribution in [0.3, 0.4) is 0 Å². The molecule has 1 heterocycles. The number of amides is 1. The highest BCUT2D eigenvalue weighted by molar-refractivity contribution is 7.98. The Balaban J connectivity index is 1.38. The van der Waals surface area contributed by atoms with Crippen LogP contribution in [0, 0.1) is 12.7 Å². The average Bonchev–Trinajstić information content (AvgIpc) is 3.18. The largest absolute Gasteiger partial charge is 0.441 e. The van der Waals surface area contributed by atoms with Gasteiger partial charge in [-0.1, -0.05) is 30.3 Å². The van der Waals surface area contributed by atoms with Gasteiger partial charge in [-0.15, -0.1) is 11.8 Å². The van der Waals surface area contributed by atoms with E-state index in [2.05, 4.69) is 22.4 Å². The lowest BCUT2D eigenvalue weighted by atomic mass is 10.1. The minimum atomic E-state index is -0.297. The van der Waals surface area contributed by atoms with Gasteiger partial charge < -0.3 is 9.73 Å². The maximum atomic E-state index is 13.0. The monoisotopic (exact) mass is 432 g/mol. The normalized spacial score (nSPS) is 10.8. The van der Waals surface area contributed by atoms with E-state index in [-0.39, 0.29) is 11.7 Å². The van der Waals surface area contributed by atoms with Gasteiger partial charge in [0, 0.05) is 28.3 Å². The first-order valence-corrected chi connectivity index (χ1v) is 10.8. The highest BCUT2D eigenvalue weighted by atomic mass is 32.2. The number of carbonyl (C=O) groups is 1. The number of aryl methyl sites for hydroxylation is 1. The second-order valence-corrected chi connectivity index (χ2v) is 8.06. The van der Waals surface area contributed by atoms with Crippen LogP contribution in [0.25, 0.3) is 11.5 Å². The Bertz CT molecular complexity index is 1160. The van der Waals surface area contributed by atoms with Gasteiger partial charge in [-0.2, -0.15) is 0 Å². The van der Waals surface area contributed by atoms with Crippen molar-refractivity contribution in [3.05, 3.63) is 107 Å². The molecule has 4 nitrogen and oxygen atoms in total. The summed E-state index contributed by atoms with van der Waals surface area (Å²) in [6, 6.07) is 23.4. The molecule has 0 saturated heterocycles. The molecule has 0 aliphatic heterocycles. The van der Waals surface area contributed by atoms with E-state index in [0.717, 1.165) is 28.3 Å². The van der Waals surface area contributed by atoms with Crippen molar-refractivity contribution < 1.29 is 13.6 Å². The molecule has 1 N–H and O–H groups in total. The molecule has 4 aromatic rings. The first-order chi connectivity index (χ1) is 15.1. The molecule has 0 aliphatic carbocycles. The first kappa shape index (κ1) is 20.9. The van der Waals surface area contributed by atoms with Gasteiger partial charge in [0.05, 0.1) is 5.69 Å². The van der Waals surface area contributed by atoms with Crippen LogP contribution in [0.5, 0.6) is 0 Å². The molecule has 6 heteroatoms. The van der Waals surface area contributed by atoms with E-state index < -0.39 is 0 Å². The number of rotatable bonds is 7. The number of halogens is 1. The lowest BCUT2D eigenvalue weighted by Crippen LogP contribution is -2.22. The topological polar surface area (TPSA) is 55.1 Å². The second kappa shape index (κ2) is 9.62. The predicted molar refractivity (Wildman–Crippen MR) is 120 cm³/mol. The molecular formula is C25H21FN2O2S. The van der Waals surface area contributed by atoms with E-state index >= 15 is 0 Å². The van der Waals surface area contributed by atoms with Crippen LogP contribution in [0.1, 0.15) is 27.4 Å². The summed E-state index contributed by atoms with van der Waals surface area (Å²) in [7, 11) is 0. The van der Waals surface area contributed by atoms with Crippen molar-refractivity contribution in [3.8, 4) is 11.5 Å². The Labute approximate surface area is 184 Å². The van der Waals surface area contributed by atoms with E-state index in [1.807, 2.05) is 37.3 Å². The van der Waals surface area contributed by atoms with E-state index in [9.17, 15) is 9.18 Å². The van der Waals surface area contributed by atoms with Crippen molar-refractivity contribution in [2.24, 2.45) is 0 Å². The zero-order valence-corrected chi connectivity index (χ0v) is 17.8. The molecule has 156 valence electrons. The second-order valence-electron chi connectivity index (χ2n) is 7.01. The maximum Gasteiger partial charge on any atom is 0.251 e. The van der Waals surface area contributed by atoms with Crippen molar-refractivity contribution in [3.63, 3.8) is 0 Å². The summed E-state index contributed by atoms with van der Waals surface area (Å²) in [5, 5.41) is 2.84. The number of nitrogens with zero attached hydrogens (tertiary/aromatic N) is 1. The first-order valence-electron chi connectivity index (χ1n) is 9.86. The smallest absolute Gasteiger partial charge is 0.251 e. The third-order valence-electron chi connectivity index (χ3n) is 4.77. The summed E-state index contributed by atoms with van der Waals surface area (Å²) in [6.45, 7) is 2.25. The van der Waals surface area contributed by atoms with Gasteiger partial charge in [0.1, 0.15) is 11.6 Å². The van der Waals surface area contributed by atoms with Crippen molar-refractivity contribution in [2.75, 3.05) is 0 Å². The number of hydrogen-bond acceptors (Lipinski definition) is 4. The molecule has 0 bridgehead atoms. The summed E-state index contributed by atoms with van der Waals surface area (Å²) in [6.07, 6.45) is 0. The molecule has 31 heavy (non-hydrogen) atoms. The van der Waals surface area contributed by atoms with Crippen LogP contribution >= 0.6 is 11.8 Å². The number of benzene rings is 3. The van der Waals surface area contributed by atoms with E-state index in [0.29, 0.717) is 18.0 Å². The Hall–Kier alpha value is -3.38. The average molecular weight is 433 g/mol. The van der Waals surface area contributed by atoms with Gasteiger partial charge in [0.2, 0.25) is 5.89 Å². The van der Waals surface area contributed by atoms with Gasteiger partial charge in [0.15, 0.2) is 0 Å². The zero-order valence-electron chi connectivity index (χ0n) is 17.0. The lowest BCUT2D eigenvalue weighted by molar-refractivity contribution is 0.0951. The van der Waals surface area contributed by atoms with Crippen LogP contribution in [-0.4, -0.2) is 10.9 Å². The number of carbonyl (C=O) groups excluding carboxylic acids is 1. The third-order valence-corrected chi connectivity index (χ3v) is 5.80. The van der Waals surface area contributed by atoms with E-state index in [1.54, 1.807) is 36.0 Å². The molecule has 0 saturated carbocycles. The van der Waals surface area contributed by atoms with E-state index in [4.69, 9.17) is 4.42 Å². The fourth-order valence-corrected chi connectivity index (χ4v) is 3.93. The standard InChI is InChI=1S/C25H21FN2O2S/c1-17-23(16-31-22-5-3-2-4-6-22)28-25(30-17)20-11-9-19(10-12-20)24(29)27-15-18-7-13-21(26)14-8-18/h2-14H,15-16H2,1H3,(H,27,29). The zero-order chi connectivity index (χ0) is 21.6. The molecular weight excluding hydrogens is 411 g/mol. The van der Waals surface area contributed by atoms with E-state index in [1.165, 1.54) is 17.0 Å². The number of aromatic nitrogens is 1. The van der Waals surface area contributed by atoms with Crippen molar-refractivity contribution in [1.82, 2.24) is 10.3 Å². The van der Waals surface area contributed by atoms with Crippen molar-refractivity contribution in [1.29, 1.82) is 0 Å². The Morgan fingerprint density at radius 1 is 1.00 bits per heavy atom. The summed E-state index contributed by atoms with van der Waals surface area (Å²) >= 11 is 1.71. The summed E-state index contributed by atoms with van der Waals surface area (Å²) < 4.78 is 18.8. The van der Waals surface area contributed by atoms with Gasteiger partial charge in [-0.3, -0.25) is 4.79 Å². The molecule has 1 amide bonds. The molecule has 3 aromatic carbocycles. The molecule has 4 rings (SSSR count). The number of oxazole rings is 1. The molecule has 0 unspecified atom stereocenters. The van der Waals surface area contributed by atoms with Crippen molar-refractivity contribution in [2.45, 2.75) is 24.1 Å². The van der Waals surface area contributed by atoms with Crippen molar-refractivity contribution >= 4 is 17.7 Å². The molecule has 1 aromatic heterocycles. The summed E-state index contributed by atoms with van der Waals surface area (Å²) in [4.78, 5) is 18.2. The van der Waals surface area contributed by atoms with Crippen LogP contribution in [0.2, 0.25) is 0 Å². The lowest BCUT2D eigenvalue weighted by Gasteiger charge is -2.06.